The average molecular weight is 510 g/mol. The Balaban J connectivity index is 1.97. The highest BCUT2D eigenvalue weighted by Gasteiger charge is 2.94. The maximum atomic E-state index is 14.2. The first-order chi connectivity index (χ1) is 17.4. The number of rotatable bonds is 5. The summed E-state index contributed by atoms with van der Waals surface area (Å²) in [6.45, 7) is 4.90. The molecule has 0 radical (unpaired) electrons. The van der Waals surface area contributed by atoms with E-state index in [1.54, 1.807) is 32.9 Å². The van der Waals surface area contributed by atoms with Gasteiger partial charge in [0.25, 0.3) is 0 Å². The number of carbonyl (C=O) groups excluding carboxylic acids is 5. The molecule has 2 aromatic carbocycles. The standard InChI is InChI=1S/C27H27NO9/c1-25(2,3)37-24(33)28-18-10-8-7-9-17(18)26(21(28)30)20(27(26,22(31)35-5)23(32)36-6)19(29)15-11-13-16(34-4)14-12-15/h7-14,20H,1-6H3. The molecule has 2 amide bonds. The number of nitrogens with zero attached hydrogens (tertiary/aromatic N) is 1. The van der Waals surface area contributed by atoms with E-state index in [2.05, 4.69) is 0 Å². The van der Waals surface area contributed by atoms with Gasteiger partial charge in [0, 0.05) is 5.56 Å². The highest BCUT2D eigenvalue weighted by molar-refractivity contribution is 6.33. The van der Waals surface area contributed by atoms with Crippen molar-refractivity contribution < 1.29 is 42.9 Å². The molecule has 4 rings (SSSR count). The van der Waals surface area contributed by atoms with Crippen LogP contribution in [0.4, 0.5) is 10.5 Å². The fourth-order valence-electron chi connectivity index (χ4n) is 5.30. The van der Waals surface area contributed by atoms with Crippen molar-refractivity contribution in [1.82, 2.24) is 0 Å². The second kappa shape index (κ2) is 8.72. The van der Waals surface area contributed by atoms with Crippen molar-refractivity contribution in [2.24, 2.45) is 11.3 Å². The quantitative estimate of drug-likeness (QED) is 0.259. The van der Waals surface area contributed by atoms with Gasteiger partial charge in [-0.25, -0.2) is 9.69 Å². The number of fused-ring (bicyclic) bond motifs is 2. The Kier molecular flexibility index (Phi) is 6.10. The van der Waals surface area contributed by atoms with Gasteiger partial charge < -0.3 is 18.9 Å². The Bertz CT molecular complexity index is 1290. The molecule has 0 N–H and O–H groups in total. The summed E-state index contributed by atoms with van der Waals surface area (Å²) >= 11 is 0. The molecular formula is C27H27NO9. The smallest absolute Gasteiger partial charge is 0.421 e. The van der Waals surface area contributed by atoms with E-state index in [-0.39, 0.29) is 16.8 Å². The van der Waals surface area contributed by atoms with Crippen LogP contribution in [0.15, 0.2) is 48.5 Å². The molecule has 2 aliphatic rings. The molecule has 2 unspecified atom stereocenters. The van der Waals surface area contributed by atoms with E-state index in [9.17, 15) is 24.0 Å². The second-order valence-electron chi connectivity index (χ2n) is 9.76. The number of anilines is 1. The van der Waals surface area contributed by atoms with Gasteiger partial charge in [-0.1, -0.05) is 18.2 Å². The minimum absolute atomic E-state index is 0.101. The molecule has 10 nitrogen and oxygen atoms in total. The van der Waals surface area contributed by atoms with Crippen molar-refractivity contribution in [2.45, 2.75) is 31.8 Å². The lowest BCUT2D eigenvalue weighted by atomic mass is 9.86. The van der Waals surface area contributed by atoms with Crippen LogP contribution in [0.3, 0.4) is 0 Å². The predicted octanol–water partition coefficient (Wildman–Crippen LogP) is 3.06. The Labute approximate surface area is 213 Å². The fraction of sp³-hybridized carbons (Fsp3) is 0.370. The second-order valence-corrected chi connectivity index (χ2v) is 9.76. The van der Waals surface area contributed by atoms with Crippen LogP contribution in [0.25, 0.3) is 0 Å². The first-order valence-electron chi connectivity index (χ1n) is 11.5. The molecule has 0 saturated heterocycles. The SMILES string of the molecule is COC(=O)C1(C(=O)OC)C(C(=O)c2ccc(OC)cc2)C12C(=O)N(C(=O)OC(C)(C)C)c1ccccc12. The lowest BCUT2D eigenvalue weighted by molar-refractivity contribution is -0.164. The first kappa shape index (κ1) is 25.9. The fourth-order valence-corrected chi connectivity index (χ4v) is 5.30. The zero-order chi connectivity index (χ0) is 27.3. The first-order valence-corrected chi connectivity index (χ1v) is 11.5. The van der Waals surface area contributed by atoms with Crippen molar-refractivity contribution in [3.8, 4) is 5.75 Å². The van der Waals surface area contributed by atoms with Gasteiger partial charge in [-0.2, -0.15) is 0 Å². The molecule has 37 heavy (non-hydrogen) atoms. The maximum absolute atomic E-state index is 14.2. The van der Waals surface area contributed by atoms with Crippen molar-refractivity contribution in [1.29, 1.82) is 0 Å². The Hall–Kier alpha value is -4.21. The van der Waals surface area contributed by atoms with Crippen LogP contribution in [0, 0.1) is 11.3 Å². The van der Waals surface area contributed by atoms with E-state index in [0.717, 1.165) is 19.1 Å². The van der Waals surface area contributed by atoms with Gasteiger partial charge in [0.2, 0.25) is 5.91 Å². The van der Waals surface area contributed by atoms with Crippen LogP contribution in [-0.4, -0.2) is 56.7 Å². The Morgan fingerprint density at radius 1 is 0.865 bits per heavy atom. The van der Waals surface area contributed by atoms with Crippen molar-refractivity contribution in [3.63, 3.8) is 0 Å². The molecular weight excluding hydrogens is 482 g/mol. The van der Waals surface area contributed by atoms with Crippen LogP contribution >= 0.6 is 0 Å². The minimum Gasteiger partial charge on any atom is -0.497 e. The minimum atomic E-state index is -2.36. The van der Waals surface area contributed by atoms with Gasteiger partial charge in [0.1, 0.15) is 16.8 Å². The van der Waals surface area contributed by atoms with Crippen molar-refractivity contribution >= 4 is 35.4 Å². The van der Waals surface area contributed by atoms with Crippen LogP contribution in [0.2, 0.25) is 0 Å². The van der Waals surface area contributed by atoms with E-state index < -0.39 is 52.1 Å². The third-order valence-electron chi connectivity index (χ3n) is 6.74. The normalized spacial score (nSPS) is 21.2. The number of esters is 2. The molecule has 1 aliphatic heterocycles. The number of para-hydroxylation sites is 1. The number of ketones is 1. The highest BCUT2D eigenvalue weighted by atomic mass is 16.6. The molecule has 10 heteroatoms. The van der Waals surface area contributed by atoms with Gasteiger partial charge in [0.05, 0.1) is 32.9 Å². The summed E-state index contributed by atoms with van der Waals surface area (Å²) in [6, 6.07) is 12.2. The van der Waals surface area contributed by atoms with Crippen LogP contribution < -0.4 is 9.64 Å². The number of Topliss-reactive ketones (excluding diaryl/α,β-unsaturated/α-hetero) is 1. The third kappa shape index (κ3) is 3.42. The number of carbonyl (C=O) groups is 5. The topological polar surface area (TPSA) is 126 Å². The van der Waals surface area contributed by atoms with Gasteiger partial charge in [-0.05, 0) is 56.7 Å². The van der Waals surface area contributed by atoms with Crippen molar-refractivity contribution in [2.75, 3.05) is 26.2 Å². The van der Waals surface area contributed by atoms with E-state index >= 15 is 0 Å². The number of hydrogen-bond donors (Lipinski definition) is 0. The molecule has 1 heterocycles. The zero-order valence-corrected chi connectivity index (χ0v) is 21.3. The third-order valence-corrected chi connectivity index (χ3v) is 6.74. The molecule has 1 fully saturated rings. The van der Waals surface area contributed by atoms with Crippen LogP contribution in [0.5, 0.6) is 5.75 Å². The summed E-state index contributed by atoms with van der Waals surface area (Å²) in [7, 11) is 3.56. The Morgan fingerprint density at radius 2 is 1.43 bits per heavy atom. The van der Waals surface area contributed by atoms with Crippen LogP contribution in [-0.2, 0) is 34.0 Å². The number of imide groups is 1. The summed E-state index contributed by atoms with van der Waals surface area (Å²) in [6.07, 6.45) is -1.01. The number of ether oxygens (including phenoxy) is 4. The van der Waals surface area contributed by atoms with E-state index in [4.69, 9.17) is 18.9 Å². The predicted molar refractivity (Wildman–Crippen MR) is 129 cm³/mol. The summed E-state index contributed by atoms with van der Waals surface area (Å²) < 4.78 is 20.6. The molecule has 1 saturated carbocycles. The number of methoxy groups -OCH3 is 3. The van der Waals surface area contributed by atoms with E-state index in [1.165, 1.54) is 43.5 Å². The van der Waals surface area contributed by atoms with Crippen molar-refractivity contribution in [3.05, 3.63) is 59.7 Å². The van der Waals surface area contributed by atoms with Gasteiger partial charge in [0.15, 0.2) is 11.2 Å². The summed E-state index contributed by atoms with van der Waals surface area (Å²) in [5, 5.41) is 0. The Morgan fingerprint density at radius 3 is 1.95 bits per heavy atom. The summed E-state index contributed by atoms with van der Waals surface area (Å²) in [5.41, 5.74) is -5.03. The van der Waals surface area contributed by atoms with Crippen LogP contribution in [0.1, 0.15) is 36.7 Å². The number of hydrogen-bond acceptors (Lipinski definition) is 9. The average Bonchev–Trinajstić information content (AvgIpc) is 3.44. The molecule has 2 aromatic rings. The molecule has 0 aromatic heterocycles. The molecule has 1 aliphatic carbocycles. The van der Waals surface area contributed by atoms with Gasteiger partial charge in [-0.15, -0.1) is 0 Å². The lowest BCUT2D eigenvalue weighted by Gasteiger charge is -2.24. The van der Waals surface area contributed by atoms with Gasteiger partial charge >= 0.3 is 18.0 Å². The number of benzene rings is 2. The van der Waals surface area contributed by atoms with E-state index in [0.29, 0.717) is 5.75 Å². The summed E-state index contributed by atoms with van der Waals surface area (Å²) in [5.74, 6) is -4.94. The molecule has 1 spiro atoms. The zero-order valence-electron chi connectivity index (χ0n) is 21.3. The van der Waals surface area contributed by atoms with Gasteiger partial charge in [-0.3, -0.25) is 19.2 Å². The van der Waals surface area contributed by atoms with E-state index in [1.807, 2.05) is 0 Å². The molecule has 2 atom stereocenters. The summed E-state index contributed by atoms with van der Waals surface area (Å²) in [4.78, 5) is 68.9. The molecule has 194 valence electrons. The maximum Gasteiger partial charge on any atom is 0.421 e. The lowest BCUT2D eigenvalue weighted by Crippen LogP contribution is -2.45. The molecule has 0 bridgehead atoms. The largest absolute Gasteiger partial charge is 0.497 e. The monoisotopic (exact) mass is 509 g/mol. The highest BCUT2D eigenvalue weighted by Crippen LogP contribution is 2.75. The number of amides is 2.